The van der Waals surface area contributed by atoms with Gasteiger partial charge in [0.1, 0.15) is 0 Å². The van der Waals surface area contributed by atoms with Crippen molar-refractivity contribution in [1.82, 2.24) is 9.71 Å². The number of aromatic carboxylic acids is 1. The lowest BCUT2D eigenvalue weighted by Gasteiger charge is -2.21. The average Bonchev–Trinajstić information content (AvgIpc) is 2.45. The van der Waals surface area contributed by atoms with E-state index in [0.717, 1.165) is 5.56 Å². The molecule has 1 heterocycles. The number of nitrogen functional groups attached to an aromatic ring is 1. The van der Waals surface area contributed by atoms with Gasteiger partial charge in [0.05, 0.1) is 16.3 Å². The van der Waals surface area contributed by atoms with Crippen molar-refractivity contribution in [2.75, 3.05) is 5.73 Å². The molecule has 0 fully saturated rings. The fourth-order valence-electron chi connectivity index (χ4n) is 2.30. The molecule has 7 nitrogen and oxygen atoms in total. The van der Waals surface area contributed by atoms with Gasteiger partial charge < -0.3 is 10.8 Å². The fraction of sp³-hybridized carbons (Fsp3) is 0.294. The van der Waals surface area contributed by atoms with Crippen LogP contribution in [0, 0.1) is 6.92 Å². The van der Waals surface area contributed by atoms with Gasteiger partial charge in [-0.3, -0.25) is 0 Å². The van der Waals surface area contributed by atoms with Gasteiger partial charge in [-0.05, 0) is 57.5 Å². The van der Waals surface area contributed by atoms with Gasteiger partial charge in [-0.15, -0.1) is 0 Å². The van der Waals surface area contributed by atoms with Crippen LogP contribution >= 0.6 is 0 Å². The summed E-state index contributed by atoms with van der Waals surface area (Å²) in [6, 6.07) is 7.65. The number of rotatable bonds is 4. The van der Waals surface area contributed by atoms with Gasteiger partial charge in [-0.1, -0.05) is 6.07 Å². The molecule has 2 aromatic rings. The van der Waals surface area contributed by atoms with Crippen molar-refractivity contribution in [2.24, 2.45) is 0 Å². The minimum atomic E-state index is -3.72. The third-order valence-electron chi connectivity index (χ3n) is 3.36. The van der Waals surface area contributed by atoms with E-state index in [2.05, 4.69) is 9.71 Å². The number of nitrogens with one attached hydrogen (secondary N) is 1. The first-order chi connectivity index (χ1) is 11.4. The van der Waals surface area contributed by atoms with Gasteiger partial charge >= 0.3 is 5.97 Å². The molecule has 4 N–H and O–H groups in total. The Labute approximate surface area is 147 Å². The van der Waals surface area contributed by atoms with Crippen molar-refractivity contribution in [2.45, 2.75) is 38.1 Å². The molecule has 8 heteroatoms. The second-order valence-electron chi connectivity index (χ2n) is 6.77. The molecule has 0 radical (unpaired) electrons. The largest absolute Gasteiger partial charge is 0.476 e. The zero-order chi connectivity index (χ0) is 19.0. The highest BCUT2D eigenvalue weighted by molar-refractivity contribution is 7.89. The van der Waals surface area contributed by atoms with Crippen LogP contribution < -0.4 is 10.5 Å². The van der Waals surface area contributed by atoms with Crippen LogP contribution in [0.4, 0.5) is 5.69 Å². The second-order valence-corrected chi connectivity index (χ2v) is 8.45. The monoisotopic (exact) mass is 363 g/mol. The quantitative estimate of drug-likeness (QED) is 0.767. The van der Waals surface area contributed by atoms with E-state index in [9.17, 15) is 13.2 Å². The highest BCUT2D eigenvalue weighted by Crippen LogP contribution is 2.27. The maximum Gasteiger partial charge on any atom is 0.356 e. The molecule has 0 saturated heterocycles. The molecule has 1 aromatic heterocycles. The average molecular weight is 363 g/mol. The zero-order valence-corrected chi connectivity index (χ0v) is 15.3. The van der Waals surface area contributed by atoms with Crippen LogP contribution in [0.15, 0.2) is 35.2 Å². The molecule has 0 atom stereocenters. The number of nitrogens with zero attached hydrogens (tertiary/aromatic N) is 1. The number of pyridine rings is 1. The lowest BCUT2D eigenvalue weighted by atomic mass is 10.0. The first-order valence-corrected chi connectivity index (χ1v) is 9.04. The number of aryl methyl sites for hydroxylation is 1. The number of carboxylic acids is 1. The summed E-state index contributed by atoms with van der Waals surface area (Å²) in [5, 5.41) is 9.17. The summed E-state index contributed by atoms with van der Waals surface area (Å²) in [5.74, 6) is -1.24. The van der Waals surface area contributed by atoms with E-state index in [0.29, 0.717) is 11.3 Å². The van der Waals surface area contributed by atoms with E-state index in [1.54, 1.807) is 39.8 Å². The van der Waals surface area contributed by atoms with E-state index >= 15 is 0 Å². The lowest BCUT2D eigenvalue weighted by Crippen LogP contribution is -2.40. The summed E-state index contributed by atoms with van der Waals surface area (Å²) in [7, 11) is -3.72. The Hall–Kier alpha value is -2.45. The summed E-state index contributed by atoms with van der Waals surface area (Å²) < 4.78 is 27.6. The van der Waals surface area contributed by atoms with Crippen LogP contribution in [0.2, 0.25) is 0 Å². The van der Waals surface area contributed by atoms with E-state index < -0.39 is 21.5 Å². The maximum atomic E-state index is 12.5. The Morgan fingerprint density at radius 2 is 1.84 bits per heavy atom. The van der Waals surface area contributed by atoms with Crippen molar-refractivity contribution >= 4 is 21.7 Å². The molecule has 0 aliphatic carbocycles. The molecule has 0 amide bonds. The van der Waals surface area contributed by atoms with E-state index in [1.807, 2.05) is 0 Å². The predicted molar refractivity (Wildman–Crippen MR) is 95.9 cm³/mol. The van der Waals surface area contributed by atoms with Gasteiger partial charge in [-0.25, -0.2) is 22.9 Å². The Bertz CT molecular complexity index is 931. The van der Waals surface area contributed by atoms with Gasteiger partial charge in [0.25, 0.3) is 0 Å². The maximum absolute atomic E-state index is 12.5. The van der Waals surface area contributed by atoms with Crippen LogP contribution in [-0.2, 0) is 10.0 Å². The molecule has 134 valence electrons. The highest BCUT2D eigenvalue weighted by atomic mass is 32.2. The lowest BCUT2D eigenvalue weighted by molar-refractivity contribution is 0.0692. The zero-order valence-electron chi connectivity index (χ0n) is 14.5. The number of aromatic nitrogens is 1. The first-order valence-electron chi connectivity index (χ1n) is 7.55. The first kappa shape index (κ1) is 18.9. The van der Waals surface area contributed by atoms with Crippen LogP contribution in [0.25, 0.3) is 11.3 Å². The van der Waals surface area contributed by atoms with E-state index in [1.165, 1.54) is 18.2 Å². The van der Waals surface area contributed by atoms with Crippen LogP contribution in [0.1, 0.15) is 36.8 Å². The smallest absolute Gasteiger partial charge is 0.356 e. The predicted octanol–water partition coefficient (Wildman–Crippen LogP) is 2.41. The summed E-state index contributed by atoms with van der Waals surface area (Å²) in [6.07, 6.45) is 0. The minimum absolute atomic E-state index is 0.0482. The number of anilines is 1. The number of hydrogen-bond donors (Lipinski definition) is 3. The van der Waals surface area contributed by atoms with Gasteiger partial charge in [0.2, 0.25) is 10.0 Å². The van der Waals surface area contributed by atoms with Crippen molar-refractivity contribution in [3.8, 4) is 11.3 Å². The van der Waals surface area contributed by atoms with Crippen molar-refractivity contribution < 1.29 is 18.3 Å². The highest BCUT2D eigenvalue weighted by Gasteiger charge is 2.23. The Kier molecular flexibility index (Phi) is 4.87. The van der Waals surface area contributed by atoms with Crippen LogP contribution in [0.5, 0.6) is 0 Å². The van der Waals surface area contributed by atoms with E-state index in [4.69, 9.17) is 10.8 Å². The molecule has 0 spiro atoms. The molecule has 0 unspecified atom stereocenters. The van der Waals surface area contributed by atoms with Crippen molar-refractivity contribution in [1.29, 1.82) is 0 Å². The van der Waals surface area contributed by atoms with Crippen LogP contribution in [-0.4, -0.2) is 30.0 Å². The molecule has 1 aromatic carbocycles. The molecular weight excluding hydrogens is 342 g/mol. The fourth-order valence-corrected chi connectivity index (χ4v) is 3.74. The number of sulfonamides is 1. The molecule has 0 aliphatic heterocycles. The van der Waals surface area contributed by atoms with Gasteiger partial charge in [0, 0.05) is 11.1 Å². The normalized spacial score (nSPS) is 12.2. The summed E-state index contributed by atoms with van der Waals surface area (Å²) >= 11 is 0. The summed E-state index contributed by atoms with van der Waals surface area (Å²) in [4.78, 5) is 15.4. The SMILES string of the molecule is Cc1ccc(S(=O)(=O)NC(C)(C)C)cc1-c1ccc(N)c(C(=O)O)n1. The Balaban J connectivity index is 2.58. The second kappa shape index (κ2) is 6.45. The minimum Gasteiger partial charge on any atom is -0.476 e. The molecule has 0 bridgehead atoms. The topological polar surface area (TPSA) is 122 Å². The van der Waals surface area contributed by atoms with Gasteiger partial charge in [0.15, 0.2) is 5.69 Å². The van der Waals surface area contributed by atoms with Crippen LogP contribution in [0.3, 0.4) is 0 Å². The molecule has 0 aliphatic rings. The standard InChI is InChI=1S/C17H21N3O4S/c1-10-5-6-11(25(23,24)20-17(2,3)4)9-12(10)14-8-7-13(18)15(19-14)16(21)22/h5-9,20H,18H2,1-4H3,(H,21,22). The van der Waals surface area contributed by atoms with E-state index in [-0.39, 0.29) is 16.3 Å². The molecule has 25 heavy (non-hydrogen) atoms. The number of carboxylic acid groups (broad SMARTS) is 1. The summed E-state index contributed by atoms with van der Waals surface area (Å²) in [5.41, 5.74) is 6.42. The van der Waals surface area contributed by atoms with Crippen molar-refractivity contribution in [3.05, 3.63) is 41.6 Å². The number of hydrogen-bond acceptors (Lipinski definition) is 5. The third kappa shape index (κ3) is 4.34. The Morgan fingerprint density at radius 3 is 2.40 bits per heavy atom. The molecular formula is C17H21N3O4S. The number of benzene rings is 1. The third-order valence-corrected chi connectivity index (χ3v) is 5.12. The Morgan fingerprint density at radius 1 is 1.20 bits per heavy atom. The number of nitrogens with two attached hydrogens (primary N) is 1. The summed E-state index contributed by atoms with van der Waals surface area (Å²) in [6.45, 7) is 7.04. The van der Waals surface area contributed by atoms with Gasteiger partial charge in [-0.2, -0.15) is 0 Å². The number of carbonyl (C=O) groups is 1. The molecule has 0 saturated carbocycles. The molecule has 2 rings (SSSR count). The van der Waals surface area contributed by atoms with Crippen molar-refractivity contribution in [3.63, 3.8) is 0 Å².